The molecule has 0 aromatic carbocycles. The Balaban J connectivity index is 1.51. The minimum atomic E-state index is 0.271. The van der Waals surface area contributed by atoms with Crippen LogP contribution in [-0.4, -0.2) is 5.78 Å². The standard InChI is InChI=1S/C22H29NO/c1-12-3-4-20-17(8-13-7-15(13)19(12)11-23)16-10-18(16)21-9-14(24)5-6-22(20,21)2/h9,12-13,15-20H,3-8,10H2,1-2H3. The third kappa shape index (κ3) is 2.03. The molecule has 0 aliphatic heterocycles. The van der Waals surface area contributed by atoms with E-state index in [1.165, 1.54) is 37.7 Å². The van der Waals surface area contributed by atoms with Gasteiger partial charge in [0.25, 0.3) is 0 Å². The minimum Gasteiger partial charge on any atom is -0.295 e. The average Bonchev–Trinajstić information content (AvgIpc) is 3.45. The Bertz CT molecular complexity index is 657. The molecule has 0 saturated heterocycles. The highest BCUT2D eigenvalue weighted by Crippen LogP contribution is 2.70. The highest BCUT2D eigenvalue weighted by atomic mass is 16.1. The number of nitriles is 1. The van der Waals surface area contributed by atoms with Crippen LogP contribution in [0.5, 0.6) is 0 Å². The van der Waals surface area contributed by atoms with Crippen molar-refractivity contribution >= 4 is 5.78 Å². The monoisotopic (exact) mass is 323 g/mol. The van der Waals surface area contributed by atoms with Gasteiger partial charge < -0.3 is 0 Å². The zero-order valence-corrected chi connectivity index (χ0v) is 15.0. The summed E-state index contributed by atoms with van der Waals surface area (Å²) in [5.41, 5.74) is 1.80. The molecule has 0 aromatic rings. The van der Waals surface area contributed by atoms with Crippen molar-refractivity contribution in [2.45, 2.75) is 58.8 Å². The first-order valence-corrected chi connectivity index (χ1v) is 10.2. The maximum Gasteiger partial charge on any atom is 0.155 e. The first-order chi connectivity index (χ1) is 11.5. The summed E-state index contributed by atoms with van der Waals surface area (Å²) in [7, 11) is 0. The van der Waals surface area contributed by atoms with Gasteiger partial charge in [0, 0.05) is 6.42 Å². The number of rotatable bonds is 0. The van der Waals surface area contributed by atoms with Gasteiger partial charge in [-0.25, -0.2) is 0 Å². The maximum absolute atomic E-state index is 12.0. The minimum absolute atomic E-state index is 0.271. The van der Waals surface area contributed by atoms with Crippen LogP contribution in [0.15, 0.2) is 11.6 Å². The SMILES string of the molecule is CC1CCC2C(CC3CC3C1C#N)C1CC1C1=CC(=O)CCC12C. The molecule has 0 aromatic heterocycles. The Morgan fingerprint density at radius 1 is 1.17 bits per heavy atom. The molecule has 0 heterocycles. The second-order valence-electron chi connectivity index (χ2n) is 9.86. The summed E-state index contributed by atoms with van der Waals surface area (Å²) in [4.78, 5) is 12.0. The largest absolute Gasteiger partial charge is 0.295 e. The van der Waals surface area contributed by atoms with Crippen molar-refractivity contribution in [2.75, 3.05) is 0 Å². The van der Waals surface area contributed by atoms with Crippen LogP contribution in [0.3, 0.4) is 0 Å². The summed E-state index contributed by atoms with van der Waals surface area (Å²) < 4.78 is 0. The molecule has 2 heteroatoms. The molecular weight excluding hydrogens is 294 g/mol. The van der Waals surface area contributed by atoms with Gasteiger partial charge in [-0.3, -0.25) is 4.79 Å². The molecule has 4 saturated carbocycles. The van der Waals surface area contributed by atoms with Crippen LogP contribution < -0.4 is 0 Å². The summed E-state index contributed by atoms with van der Waals surface area (Å²) >= 11 is 0. The summed E-state index contributed by atoms with van der Waals surface area (Å²) in [5.74, 6) is 5.92. The molecule has 9 unspecified atom stereocenters. The Morgan fingerprint density at radius 3 is 2.75 bits per heavy atom. The summed E-state index contributed by atoms with van der Waals surface area (Å²) in [6.07, 6.45) is 10.4. The predicted octanol–water partition coefficient (Wildman–Crippen LogP) is 4.76. The van der Waals surface area contributed by atoms with Crippen molar-refractivity contribution < 1.29 is 4.79 Å². The van der Waals surface area contributed by atoms with Gasteiger partial charge in [0.2, 0.25) is 0 Å². The van der Waals surface area contributed by atoms with Gasteiger partial charge in [-0.1, -0.05) is 19.4 Å². The van der Waals surface area contributed by atoms with E-state index in [9.17, 15) is 10.1 Å². The number of allylic oxidation sites excluding steroid dienone is 2. The van der Waals surface area contributed by atoms with Crippen LogP contribution in [0.25, 0.3) is 0 Å². The lowest BCUT2D eigenvalue weighted by Gasteiger charge is -2.50. The van der Waals surface area contributed by atoms with Gasteiger partial charge >= 0.3 is 0 Å². The van der Waals surface area contributed by atoms with E-state index in [4.69, 9.17) is 0 Å². The Morgan fingerprint density at radius 2 is 1.96 bits per heavy atom. The number of nitrogens with zero attached hydrogens (tertiary/aromatic N) is 1. The normalized spacial score (nSPS) is 55.2. The highest BCUT2D eigenvalue weighted by Gasteiger charge is 2.62. The Kier molecular flexibility index (Phi) is 3.14. The Hall–Kier alpha value is -1.10. The lowest BCUT2D eigenvalue weighted by atomic mass is 9.54. The molecular formula is C22H29NO. The first-order valence-electron chi connectivity index (χ1n) is 10.2. The van der Waals surface area contributed by atoms with E-state index < -0.39 is 0 Å². The number of hydrogen-bond donors (Lipinski definition) is 0. The number of carbonyl (C=O) groups is 1. The first kappa shape index (κ1) is 15.2. The third-order valence-corrected chi connectivity index (χ3v) is 8.70. The van der Waals surface area contributed by atoms with Gasteiger partial charge in [0.1, 0.15) is 0 Å². The summed E-state index contributed by atoms with van der Waals surface area (Å²) in [6, 6.07) is 2.66. The topological polar surface area (TPSA) is 40.9 Å². The number of ketones is 1. The summed E-state index contributed by atoms with van der Waals surface area (Å²) in [6.45, 7) is 4.79. The lowest BCUT2D eigenvalue weighted by molar-refractivity contribution is -0.116. The molecule has 0 N–H and O–H groups in total. The van der Waals surface area contributed by atoms with Gasteiger partial charge in [0.15, 0.2) is 5.78 Å². The van der Waals surface area contributed by atoms with Gasteiger partial charge in [-0.2, -0.15) is 5.26 Å². The van der Waals surface area contributed by atoms with Gasteiger partial charge in [-0.05, 0) is 91.4 Å². The van der Waals surface area contributed by atoms with Crippen molar-refractivity contribution in [3.8, 4) is 6.07 Å². The van der Waals surface area contributed by atoms with E-state index in [-0.39, 0.29) is 5.41 Å². The Labute approximate surface area is 145 Å². The molecule has 128 valence electrons. The summed E-state index contributed by atoms with van der Waals surface area (Å²) in [5, 5.41) is 9.66. The number of hydrogen-bond acceptors (Lipinski definition) is 2. The van der Waals surface area contributed by atoms with Crippen LogP contribution in [0.2, 0.25) is 0 Å². The fourth-order valence-electron chi connectivity index (χ4n) is 7.15. The van der Waals surface area contributed by atoms with Gasteiger partial charge in [-0.15, -0.1) is 0 Å². The average molecular weight is 323 g/mol. The third-order valence-electron chi connectivity index (χ3n) is 8.70. The molecule has 0 bridgehead atoms. The van der Waals surface area contributed by atoms with E-state index in [1.807, 2.05) is 0 Å². The van der Waals surface area contributed by atoms with E-state index in [1.54, 1.807) is 0 Å². The zero-order valence-electron chi connectivity index (χ0n) is 15.0. The van der Waals surface area contributed by atoms with Crippen LogP contribution in [0.1, 0.15) is 58.8 Å². The smallest absolute Gasteiger partial charge is 0.155 e. The molecule has 0 spiro atoms. The molecule has 0 radical (unpaired) electrons. The molecule has 9 atom stereocenters. The molecule has 5 aliphatic carbocycles. The molecule has 4 fully saturated rings. The number of fused-ring (bicyclic) bond motifs is 7. The molecule has 5 rings (SSSR count). The van der Waals surface area contributed by atoms with E-state index >= 15 is 0 Å². The van der Waals surface area contributed by atoms with E-state index in [0.717, 1.165) is 42.4 Å². The predicted molar refractivity (Wildman–Crippen MR) is 92.7 cm³/mol. The molecule has 5 aliphatic rings. The van der Waals surface area contributed by atoms with Crippen molar-refractivity contribution in [1.82, 2.24) is 0 Å². The highest BCUT2D eigenvalue weighted by molar-refractivity contribution is 5.92. The molecule has 0 amide bonds. The van der Waals surface area contributed by atoms with Crippen molar-refractivity contribution in [2.24, 2.45) is 52.8 Å². The van der Waals surface area contributed by atoms with Crippen molar-refractivity contribution in [1.29, 1.82) is 5.26 Å². The zero-order chi connectivity index (χ0) is 16.6. The van der Waals surface area contributed by atoms with E-state index in [2.05, 4.69) is 26.0 Å². The number of carbonyl (C=O) groups excluding carboxylic acids is 1. The fraction of sp³-hybridized carbons (Fsp3) is 0.818. The quantitative estimate of drug-likeness (QED) is 0.645. The second-order valence-corrected chi connectivity index (χ2v) is 9.86. The van der Waals surface area contributed by atoms with Crippen molar-refractivity contribution in [3.63, 3.8) is 0 Å². The molecule has 2 nitrogen and oxygen atoms in total. The fourth-order valence-corrected chi connectivity index (χ4v) is 7.15. The second kappa shape index (κ2) is 4.96. The van der Waals surface area contributed by atoms with Gasteiger partial charge in [0.05, 0.1) is 12.0 Å². The van der Waals surface area contributed by atoms with Crippen LogP contribution in [-0.2, 0) is 4.79 Å². The van der Waals surface area contributed by atoms with Crippen molar-refractivity contribution in [3.05, 3.63) is 11.6 Å². The molecule has 24 heavy (non-hydrogen) atoms. The lowest BCUT2D eigenvalue weighted by Crippen LogP contribution is -2.43. The van der Waals surface area contributed by atoms with E-state index in [0.29, 0.717) is 23.5 Å². The van der Waals surface area contributed by atoms with Crippen LogP contribution in [0.4, 0.5) is 0 Å². The maximum atomic E-state index is 12.0. The van der Waals surface area contributed by atoms with Crippen LogP contribution >= 0.6 is 0 Å². The van der Waals surface area contributed by atoms with Crippen LogP contribution in [0, 0.1) is 64.1 Å².